The third-order valence-electron chi connectivity index (χ3n) is 1.09. The van der Waals surface area contributed by atoms with Crippen molar-refractivity contribution in [1.29, 1.82) is 0 Å². The van der Waals surface area contributed by atoms with Gasteiger partial charge in [-0.2, -0.15) is 0 Å². The highest BCUT2D eigenvalue weighted by Gasteiger charge is 1.77. The highest BCUT2D eigenvalue weighted by atomic mass is 13.8. The molecule has 0 aromatic carbocycles. The Balaban J connectivity index is -0.000000266. The highest BCUT2D eigenvalue weighted by molar-refractivity contribution is 5.31. The Morgan fingerprint density at radius 2 is 1.57 bits per heavy atom. The Hall–Kier alpha value is -1.04. The Morgan fingerprint density at radius 1 is 1.07 bits per heavy atom. The van der Waals surface area contributed by atoms with Crippen LogP contribution in [0.4, 0.5) is 0 Å². The fraction of sp³-hybridized carbons (Fsp3) is 0.429. The first-order chi connectivity index (χ1) is 6.85. The van der Waals surface area contributed by atoms with Crippen molar-refractivity contribution in [3.63, 3.8) is 0 Å². The van der Waals surface area contributed by atoms with Crippen molar-refractivity contribution in [2.45, 2.75) is 41.0 Å². The monoisotopic (exact) mass is 194 g/mol. The minimum absolute atomic E-state index is 1.06. The fourth-order valence-electron chi connectivity index (χ4n) is 0.582. The van der Waals surface area contributed by atoms with Crippen molar-refractivity contribution < 1.29 is 0 Å². The normalized spacial score (nSPS) is 9.36. The van der Waals surface area contributed by atoms with E-state index in [0.717, 1.165) is 12.0 Å². The Morgan fingerprint density at radius 3 is 1.86 bits per heavy atom. The lowest BCUT2D eigenvalue weighted by molar-refractivity contribution is 1.22. The van der Waals surface area contributed by atoms with Gasteiger partial charge in [-0.1, -0.05) is 78.2 Å². The number of hydrogen-bond donors (Lipinski definition) is 0. The van der Waals surface area contributed by atoms with Crippen LogP contribution in [0.2, 0.25) is 0 Å². The van der Waals surface area contributed by atoms with Gasteiger partial charge in [0.25, 0.3) is 0 Å². The van der Waals surface area contributed by atoms with Crippen LogP contribution in [0.5, 0.6) is 0 Å². The highest BCUT2D eigenvalue weighted by Crippen LogP contribution is 1.98. The summed E-state index contributed by atoms with van der Waals surface area (Å²) in [4.78, 5) is 0. The van der Waals surface area contributed by atoms with Crippen molar-refractivity contribution in [1.82, 2.24) is 0 Å². The molecule has 0 rings (SSSR count). The van der Waals surface area contributed by atoms with E-state index in [2.05, 4.69) is 26.2 Å². The zero-order valence-electron chi connectivity index (χ0n) is 10.5. The Kier molecular flexibility index (Phi) is 30.3. The lowest BCUT2D eigenvalue weighted by Gasteiger charge is -1.87. The van der Waals surface area contributed by atoms with E-state index in [9.17, 15) is 0 Å². The molecular formula is C14H26. The van der Waals surface area contributed by atoms with Crippen LogP contribution in [-0.2, 0) is 0 Å². The molecule has 0 aliphatic carbocycles. The average molecular weight is 194 g/mol. The van der Waals surface area contributed by atoms with E-state index in [1.54, 1.807) is 6.08 Å². The van der Waals surface area contributed by atoms with Gasteiger partial charge in [-0.3, -0.25) is 0 Å². The summed E-state index contributed by atoms with van der Waals surface area (Å²) in [6, 6.07) is 0. The van der Waals surface area contributed by atoms with E-state index >= 15 is 0 Å². The molecule has 0 spiro atoms. The van der Waals surface area contributed by atoms with Crippen LogP contribution in [0.25, 0.3) is 0 Å². The summed E-state index contributed by atoms with van der Waals surface area (Å²) < 4.78 is 0. The van der Waals surface area contributed by atoms with Gasteiger partial charge in [0.1, 0.15) is 0 Å². The lowest BCUT2D eigenvalue weighted by atomic mass is 10.2. The molecular weight excluding hydrogens is 168 g/mol. The van der Waals surface area contributed by atoms with Crippen LogP contribution >= 0.6 is 0 Å². The molecule has 0 aromatic heterocycles. The van der Waals surface area contributed by atoms with Crippen LogP contribution in [-0.4, -0.2) is 0 Å². The second kappa shape index (κ2) is 22.7. The van der Waals surface area contributed by atoms with Crippen LogP contribution in [0, 0.1) is 0 Å². The van der Waals surface area contributed by atoms with Crippen molar-refractivity contribution in [3.05, 3.63) is 49.1 Å². The lowest BCUT2D eigenvalue weighted by Crippen LogP contribution is -1.67. The minimum Gasteiger partial charge on any atom is -0.0990 e. The van der Waals surface area contributed by atoms with Gasteiger partial charge in [0, 0.05) is 0 Å². The minimum atomic E-state index is 1.06. The summed E-state index contributed by atoms with van der Waals surface area (Å²) in [5.41, 5.74) is 1.11. The van der Waals surface area contributed by atoms with E-state index in [4.69, 9.17) is 0 Å². The maximum Gasteiger partial charge on any atom is -0.0266 e. The van der Waals surface area contributed by atoms with Crippen molar-refractivity contribution in [2.24, 2.45) is 0 Å². The first-order valence-electron chi connectivity index (χ1n) is 5.46. The van der Waals surface area contributed by atoms with E-state index in [0.29, 0.717) is 0 Å². The molecule has 0 amide bonds. The molecule has 0 heteroatoms. The van der Waals surface area contributed by atoms with Gasteiger partial charge in [-0.25, -0.2) is 0 Å². The Labute approximate surface area is 90.7 Å². The third kappa shape index (κ3) is 17.2. The van der Waals surface area contributed by atoms with Gasteiger partial charge in [0.2, 0.25) is 0 Å². The van der Waals surface area contributed by atoms with Gasteiger partial charge in [0.15, 0.2) is 0 Å². The fourth-order valence-corrected chi connectivity index (χ4v) is 0.582. The molecule has 0 radical (unpaired) electrons. The van der Waals surface area contributed by atoms with Crippen molar-refractivity contribution >= 4 is 0 Å². The summed E-state index contributed by atoms with van der Waals surface area (Å²) in [6.45, 7) is 17.4. The van der Waals surface area contributed by atoms with Crippen LogP contribution in [0.3, 0.4) is 0 Å². The molecule has 0 N–H and O–H groups in total. The molecule has 0 aliphatic rings. The number of allylic oxidation sites excluding steroid dienone is 6. The molecule has 0 unspecified atom stereocenters. The summed E-state index contributed by atoms with van der Waals surface area (Å²) in [5.74, 6) is 0. The smallest absolute Gasteiger partial charge is 0.0266 e. The van der Waals surface area contributed by atoms with Gasteiger partial charge >= 0.3 is 0 Å². The first-order valence-corrected chi connectivity index (χ1v) is 5.46. The van der Waals surface area contributed by atoms with Gasteiger partial charge < -0.3 is 0 Å². The topological polar surface area (TPSA) is 0 Å². The molecule has 0 nitrogen and oxygen atoms in total. The van der Waals surface area contributed by atoms with E-state index in [1.165, 1.54) is 0 Å². The maximum absolute atomic E-state index is 3.67. The molecule has 0 saturated heterocycles. The summed E-state index contributed by atoms with van der Waals surface area (Å²) >= 11 is 0. The zero-order valence-corrected chi connectivity index (χ0v) is 10.5. The van der Waals surface area contributed by atoms with Gasteiger partial charge in [-0.05, 0) is 12.0 Å². The zero-order chi connectivity index (χ0) is 11.8. The van der Waals surface area contributed by atoms with E-state index in [1.807, 2.05) is 45.9 Å². The standard InChI is InChI=1S/C10H14.2C2H6/c1-4-7-9-10(6-3)8-5-2;2*1-2/h5-9H,2-4H2,1H3;2*1-2H3/b9-7+,10-8+;;. The summed E-state index contributed by atoms with van der Waals surface area (Å²) in [5, 5.41) is 0. The average Bonchev–Trinajstić information content (AvgIpc) is 2.29. The van der Waals surface area contributed by atoms with Crippen LogP contribution in [0.1, 0.15) is 41.0 Å². The molecule has 14 heavy (non-hydrogen) atoms. The summed E-state index contributed by atoms with van der Waals surface area (Å²) in [6.07, 6.45) is 10.7. The van der Waals surface area contributed by atoms with Crippen LogP contribution in [0.15, 0.2) is 49.1 Å². The quantitative estimate of drug-likeness (QED) is 0.532. The molecule has 0 bridgehead atoms. The van der Waals surface area contributed by atoms with Gasteiger partial charge in [0.05, 0.1) is 0 Å². The Bertz CT molecular complexity index is 159. The molecule has 0 atom stereocenters. The second-order valence-electron chi connectivity index (χ2n) is 1.92. The van der Waals surface area contributed by atoms with E-state index in [-0.39, 0.29) is 0 Å². The van der Waals surface area contributed by atoms with Gasteiger partial charge in [-0.15, -0.1) is 0 Å². The van der Waals surface area contributed by atoms with Crippen molar-refractivity contribution in [3.8, 4) is 0 Å². The number of hydrogen-bond acceptors (Lipinski definition) is 0. The predicted molar refractivity (Wildman–Crippen MR) is 70.6 cm³/mol. The van der Waals surface area contributed by atoms with Crippen molar-refractivity contribution in [2.75, 3.05) is 0 Å². The second-order valence-corrected chi connectivity index (χ2v) is 1.92. The van der Waals surface area contributed by atoms with E-state index < -0.39 is 0 Å². The van der Waals surface area contributed by atoms with Crippen LogP contribution < -0.4 is 0 Å². The number of rotatable bonds is 4. The molecule has 0 aromatic rings. The summed E-state index contributed by atoms with van der Waals surface area (Å²) in [7, 11) is 0. The maximum atomic E-state index is 3.67. The predicted octanol–water partition coefficient (Wildman–Crippen LogP) is 5.30. The molecule has 0 heterocycles. The first kappa shape index (κ1) is 18.7. The molecule has 82 valence electrons. The molecule has 0 saturated carbocycles. The molecule has 0 fully saturated rings. The SMILES string of the molecule is C=C/C=C(C=C)/C=C/CC.CC.CC. The molecule has 0 aliphatic heterocycles. The third-order valence-corrected chi connectivity index (χ3v) is 1.09. The largest absolute Gasteiger partial charge is 0.0990 e.